The molecule has 0 aromatic heterocycles. The van der Waals surface area contributed by atoms with E-state index in [-0.39, 0.29) is 20.3 Å². The summed E-state index contributed by atoms with van der Waals surface area (Å²) >= 11 is 0. The molecule has 0 fully saturated rings. The van der Waals surface area contributed by atoms with Crippen LogP contribution in [0.1, 0.15) is 14.8 Å². The molecule has 3 N–H and O–H groups in total. The molecule has 0 aliphatic heterocycles. The molecule has 0 rings (SSSR count). The van der Waals surface area contributed by atoms with Crippen molar-refractivity contribution in [2.75, 3.05) is 0 Å². The largest absolute Gasteiger partial charge is 1.00 e. The number of aliphatic carboxylic acids is 2. The number of rotatable bonds is 3. The summed E-state index contributed by atoms with van der Waals surface area (Å²) in [5, 5.41) is 25.0. The summed E-state index contributed by atoms with van der Waals surface area (Å²) in [5.41, 5.74) is -2.16. The summed E-state index contributed by atoms with van der Waals surface area (Å²) in [6, 6.07) is 0. The molecule has 0 radical (unpaired) electrons. The summed E-state index contributed by atoms with van der Waals surface area (Å²) in [4.78, 5) is 19.9. The first kappa shape index (κ1) is 13.1. The molecule has 1 atom stereocenters. The standard InChI is InChI=1S/C5H8O5.Li.H/c1-5(10,4(8)9)2-3(6)7;;/h10H,2H2,1H3,(H,6,7)(H,8,9);;/q;+1;-1/t5-;;/m1../s1. The Morgan fingerprint density at radius 3 is 1.91 bits per heavy atom. The van der Waals surface area contributed by atoms with Crippen molar-refractivity contribution in [2.45, 2.75) is 18.9 Å². The van der Waals surface area contributed by atoms with Crippen LogP contribution in [0.15, 0.2) is 0 Å². The van der Waals surface area contributed by atoms with Crippen LogP contribution in [0, 0.1) is 0 Å². The molecule has 0 aromatic rings. The van der Waals surface area contributed by atoms with Gasteiger partial charge in [0.05, 0.1) is 6.42 Å². The first-order chi connectivity index (χ1) is 4.36. The average Bonchev–Trinajstić information content (AvgIpc) is 1.60. The predicted molar refractivity (Wildman–Crippen MR) is 31.6 cm³/mol. The summed E-state index contributed by atoms with van der Waals surface area (Å²) in [6.45, 7) is 0.934. The number of carboxylic acids is 2. The quantitative estimate of drug-likeness (QED) is 0.367. The van der Waals surface area contributed by atoms with E-state index in [9.17, 15) is 9.59 Å². The van der Waals surface area contributed by atoms with Crippen LogP contribution >= 0.6 is 0 Å². The van der Waals surface area contributed by atoms with Gasteiger partial charge in [-0.3, -0.25) is 4.79 Å². The molecule has 11 heavy (non-hydrogen) atoms. The number of aliphatic hydroxyl groups is 1. The molecule has 0 aromatic carbocycles. The van der Waals surface area contributed by atoms with Crippen molar-refractivity contribution >= 4 is 11.9 Å². The van der Waals surface area contributed by atoms with Crippen molar-refractivity contribution in [3.63, 3.8) is 0 Å². The van der Waals surface area contributed by atoms with E-state index in [1.807, 2.05) is 0 Å². The first-order valence-corrected chi connectivity index (χ1v) is 2.54. The summed E-state index contributed by atoms with van der Waals surface area (Å²) in [7, 11) is 0. The minimum absolute atomic E-state index is 0. The van der Waals surface area contributed by atoms with Gasteiger partial charge in [-0.15, -0.1) is 0 Å². The summed E-state index contributed by atoms with van der Waals surface area (Å²) < 4.78 is 0. The molecule has 0 unspecified atom stereocenters. The molecular formula is C5H9LiO5. The summed E-state index contributed by atoms with van der Waals surface area (Å²) in [6.07, 6.45) is -0.789. The van der Waals surface area contributed by atoms with Crippen LogP contribution in [0.3, 0.4) is 0 Å². The molecule has 5 nitrogen and oxygen atoms in total. The minimum Gasteiger partial charge on any atom is -1.00 e. The van der Waals surface area contributed by atoms with Crippen molar-refractivity contribution in [3.8, 4) is 0 Å². The maximum Gasteiger partial charge on any atom is 1.00 e. The van der Waals surface area contributed by atoms with E-state index in [2.05, 4.69) is 0 Å². The number of hydrogen-bond donors (Lipinski definition) is 3. The van der Waals surface area contributed by atoms with Gasteiger partial charge >= 0.3 is 30.8 Å². The molecule has 0 aliphatic rings. The fourth-order valence-corrected chi connectivity index (χ4v) is 0.370. The fraction of sp³-hybridized carbons (Fsp3) is 0.600. The zero-order valence-corrected chi connectivity index (χ0v) is 6.37. The van der Waals surface area contributed by atoms with E-state index in [1.165, 1.54) is 0 Å². The Labute approximate surface area is 76.7 Å². The van der Waals surface area contributed by atoms with Crippen LogP contribution in [0.5, 0.6) is 0 Å². The number of hydrogen-bond acceptors (Lipinski definition) is 3. The van der Waals surface area contributed by atoms with Crippen molar-refractivity contribution < 1.29 is 45.2 Å². The second-order valence-electron chi connectivity index (χ2n) is 2.15. The third-order valence-corrected chi connectivity index (χ3v) is 0.956. The third-order valence-electron chi connectivity index (χ3n) is 0.956. The maximum absolute atomic E-state index is 10.0. The minimum atomic E-state index is -2.16. The Hall–Kier alpha value is -0.503. The molecule has 60 valence electrons. The van der Waals surface area contributed by atoms with E-state index in [0.29, 0.717) is 0 Å². The maximum atomic E-state index is 10.0. The van der Waals surface area contributed by atoms with Gasteiger partial charge < -0.3 is 16.7 Å². The van der Waals surface area contributed by atoms with E-state index in [0.717, 1.165) is 6.92 Å². The van der Waals surface area contributed by atoms with Gasteiger partial charge in [0.2, 0.25) is 0 Å². The van der Waals surface area contributed by atoms with E-state index in [4.69, 9.17) is 15.3 Å². The smallest absolute Gasteiger partial charge is 1.00 e. The van der Waals surface area contributed by atoms with E-state index < -0.39 is 24.0 Å². The Morgan fingerprint density at radius 1 is 1.45 bits per heavy atom. The Bertz CT molecular complexity index is 169. The normalized spacial score (nSPS) is 14.4. The average molecular weight is 156 g/mol. The molecule has 0 saturated heterocycles. The second-order valence-corrected chi connectivity index (χ2v) is 2.15. The SMILES string of the molecule is C[C@@](O)(CC(=O)O)C(=O)O.[H-].[Li+]. The van der Waals surface area contributed by atoms with Gasteiger partial charge in [0.1, 0.15) is 0 Å². The molecule has 0 bridgehead atoms. The second kappa shape index (κ2) is 4.39. The van der Waals surface area contributed by atoms with Gasteiger partial charge in [0.25, 0.3) is 0 Å². The van der Waals surface area contributed by atoms with Crippen LogP contribution in [0.25, 0.3) is 0 Å². The topological polar surface area (TPSA) is 94.8 Å². The zero-order valence-electron chi connectivity index (χ0n) is 7.37. The van der Waals surface area contributed by atoms with Gasteiger partial charge in [-0.05, 0) is 6.92 Å². The molecule has 0 saturated carbocycles. The number of carboxylic acid groups (broad SMARTS) is 2. The Kier molecular flexibility index (Phi) is 5.23. The van der Waals surface area contributed by atoms with Gasteiger partial charge in [0.15, 0.2) is 5.60 Å². The van der Waals surface area contributed by atoms with Gasteiger partial charge in [-0.1, -0.05) is 0 Å². The Balaban J connectivity index is -0.000000405. The molecule has 0 amide bonds. The third kappa shape index (κ3) is 4.84. The van der Waals surface area contributed by atoms with Crippen molar-refractivity contribution in [1.29, 1.82) is 0 Å². The molecule has 0 heterocycles. The van der Waals surface area contributed by atoms with Gasteiger partial charge in [-0.25, -0.2) is 4.79 Å². The van der Waals surface area contributed by atoms with Crippen LogP contribution in [0.4, 0.5) is 0 Å². The monoisotopic (exact) mass is 156 g/mol. The molecule has 0 aliphatic carbocycles. The fourth-order valence-electron chi connectivity index (χ4n) is 0.370. The predicted octanol–water partition coefficient (Wildman–Crippen LogP) is -3.59. The molecule has 6 heteroatoms. The molecular weight excluding hydrogens is 147 g/mol. The van der Waals surface area contributed by atoms with Crippen LogP contribution < -0.4 is 18.9 Å². The van der Waals surface area contributed by atoms with Gasteiger partial charge in [0, 0.05) is 0 Å². The molecule has 0 spiro atoms. The summed E-state index contributed by atoms with van der Waals surface area (Å²) in [5.74, 6) is -2.87. The van der Waals surface area contributed by atoms with Gasteiger partial charge in [-0.2, -0.15) is 0 Å². The van der Waals surface area contributed by atoms with Crippen molar-refractivity contribution in [1.82, 2.24) is 0 Å². The van der Waals surface area contributed by atoms with Crippen LogP contribution in [0.2, 0.25) is 0 Å². The van der Waals surface area contributed by atoms with Crippen LogP contribution in [-0.4, -0.2) is 32.9 Å². The zero-order chi connectivity index (χ0) is 8.36. The number of carbonyl (C=O) groups is 2. The van der Waals surface area contributed by atoms with E-state index in [1.54, 1.807) is 0 Å². The van der Waals surface area contributed by atoms with E-state index >= 15 is 0 Å². The van der Waals surface area contributed by atoms with Crippen LogP contribution in [-0.2, 0) is 9.59 Å². The van der Waals surface area contributed by atoms with Crippen molar-refractivity contribution in [3.05, 3.63) is 0 Å². The first-order valence-electron chi connectivity index (χ1n) is 2.54. The van der Waals surface area contributed by atoms with Crippen molar-refractivity contribution in [2.24, 2.45) is 0 Å². The Morgan fingerprint density at radius 2 is 1.82 bits per heavy atom.